The van der Waals surface area contributed by atoms with Gasteiger partial charge in [-0.2, -0.15) is 0 Å². The summed E-state index contributed by atoms with van der Waals surface area (Å²) in [5.41, 5.74) is 3.01. The van der Waals surface area contributed by atoms with Crippen molar-refractivity contribution in [2.45, 2.75) is 53.5 Å². The molecule has 0 aliphatic rings. The van der Waals surface area contributed by atoms with E-state index in [0.717, 1.165) is 36.2 Å². The van der Waals surface area contributed by atoms with Gasteiger partial charge in [-0.25, -0.2) is 0 Å². The molecule has 0 bridgehead atoms. The number of hydrogen-bond donors (Lipinski definition) is 1. The Morgan fingerprint density at radius 3 is 2.48 bits per heavy atom. The summed E-state index contributed by atoms with van der Waals surface area (Å²) in [4.78, 5) is 14.4. The van der Waals surface area contributed by atoms with Crippen LogP contribution in [0.3, 0.4) is 0 Å². The highest BCUT2D eigenvalue weighted by Crippen LogP contribution is 2.19. The number of benzene rings is 1. The fourth-order valence-electron chi connectivity index (χ4n) is 2.50. The molecule has 0 aliphatic carbocycles. The molecular formula is C18H30N2O. The van der Waals surface area contributed by atoms with Crippen molar-refractivity contribution in [3.63, 3.8) is 0 Å². The number of hydrogen-bond acceptors (Lipinski definition) is 2. The monoisotopic (exact) mass is 290 g/mol. The first kappa shape index (κ1) is 17.5. The molecule has 0 spiro atoms. The van der Waals surface area contributed by atoms with Crippen molar-refractivity contribution in [3.8, 4) is 0 Å². The fourth-order valence-corrected chi connectivity index (χ4v) is 2.50. The molecule has 1 atom stereocenters. The third-order valence-corrected chi connectivity index (χ3v) is 3.83. The van der Waals surface area contributed by atoms with Crippen molar-refractivity contribution >= 4 is 11.6 Å². The number of rotatable bonds is 7. The lowest BCUT2D eigenvalue weighted by Gasteiger charge is -2.26. The van der Waals surface area contributed by atoms with Crippen molar-refractivity contribution in [3.05, 3.63) is 29.3 Å². The van der Waals surface area contributed by atoms with Gasteiger partial charge in [0, 0.05) is 30.9 Å². The summed E-state index contributed by atoms with van der Waals surface area (Å²) in [5.74, 6) is 0.700. The normalized spacial score (nSPS) is 12.3. The zero-order valence-electron chi connectivity index (χ0n) is 14.4. The Morgan fingerprint density at radius 1 is 1.29 bits per heavy atom. The average molecular weight is 290 g/mol. The Labute approximate surface area is 129 Å². The maximum absolute atomic E-state index is 12.6. The molecule has 0 saturated carbocycles. The van der Waals surface area contributed by atoms with Gasteiger partial charge in [-0.05, 0) is 56.4 Å². The van der Waals surface area contributed by atoms with Gasteiger partial charge in [0.05, 0.1) is 0 Å². The molecule has 0 fully saturated rings. The van der Waals surface area contributed by atoms with Gasteiger partial charge in [0.15, 0.2) is 0 Å². The van der Waals surface area contributed by atoms with E-state index in [9.17, 15) is 4.79 Å². The van der Waals surface area contributed by atoms with Crippen molar-refractivity contribution < 1.29 is 4.79 Å². The van der Waals surface area contributed by atoms with Crippen molar-refractivity contribution in [1.29, 1.82) is 0 Å². The fraction of sp³-hybridized carbons (Fsp3) is 0.611. The van der Waals surface area contributed by atoms with Crippen molar-refractivity contribution in [1.82, 2.24) is 4.90 Å². The van der Waals surface area contributed by atoms with Crippen LogP contribution in [0.25, 0.3) is 0 Å². The zero-order valence-corrected chi connectivity index (χ0v) is 14.4. The predicted molar refractivity (Wildman–Crippen MR) is 91.0 cm³/mol. The Bertz CT molecular complexity index is 468. The van der Waals surface area contributed by atoms with Crippen LogP contribution in [0.5, 0.6) is 0 Å². The Balaban J connectivity index is 2.80. The van der Waals surface area contributed by atoms with E-state index in [1.165, 1.54) is 0 Å². The highest BCUT2D eigenvalue weighted by molar-refractivity contribution is 5.95. The van der Waals surface area contributed by atoms with Crippen molar-refractivity contribution in [2.24, 2.45) is 5.92 Å². The number of nitrogens with one attached hydrogen (secondary N) is 1. The lowest BCUT2D eigenvalue weighted by atomic mass is 10.0. The van der Waals surface area contributed by atoms with E-state index < -0.39 is 0 Å². The Kier molecular flexibility index (Phi) is 6.73. The van der Waals surface area contributed by atoms with E-state index in [-0.39, 0.29) is 11.9 Å². The van der Waals surface area contributed by atoms with Gasteiger partial charge < -0.3 is 10.2 Å². The number of aryl methyl sites for hydroxylation is 1. The summed E-state index contributed by atoms with van der Waals surface area (Å²) < 4.78 is 0. The van der Waals surface area contributed by atoms with E-state index in [1.54, 1.807) is 0 Å². The maximum atomic E-state index is 12.6. The molecule has 1 aromatic carbocycles. The molecule has 0 aliphatic heterocycles. The van der Waals surface area contributed by atoms with E-state index in [1.807, 2.05) is 37.1 Å². The number of carbonyl (C=O) groups is 1. The summed E-state index contributed by atoms with van der Waals surface area (Å²) in [5, 5.41) is 3.38. The molecule has 3 heteroatoms. The summed E-state index contributed by atoms with van der Waals surface area (Å²) >= 11 is 0. The van der Waals surface area contributed by atoms with Gasteiger partial charge in [-0.1, -0.05) is 20.8 Å². The van der Waals surface area contributed by atoms with Crippen LogP contribution in [0.2, 0.25) is 0 Å². The van der Waals surface area contributed by atoms with Crippen LogP contribution in [0.1, 0.15) is 56.5 Å². The molecule has 0 aromatic heterocycles. The topological polar surface area (TPSA) is 32.3 Å². The summed E-state index contributed by atoms with van der Waals surface area (Å²) in [6, 6.07) is 6.18. The van der Waals surface area contributed by atoms with Gasteiger partial charge in [0.2, 0.25) is 0 Å². The predicted octanol–water partition coefficient (Wildman–Crippen LogP) is 4.32. The third kappa shape index (κ3) is 5.07. The van der Waals surface area contributed by atoms with E-state index in [4.69, 9.17) is 0 Å². The van der Waals surface area contributed by atoms with Crippen LogP contribution < -0.4 is 5.32 Å². The smallest absolute Gasteiger partial charge is 0.253 e. The van der Waals surface area contributed by atoms with Crippen LogP contribution in [-0.4, -0.2) is 30.4 Å². The Morgan fingerprint density at radius 2 is 1.95 bits per heavy atom. The minimum atomic E-state index is 0.105. The van der Waals surface area contributed by atoms with Gasteiger partial charge >= 0.3 is 0 Å². The molecule has 0 saturated heterocycles. The zero-order chi connectivity index (χ0) is 16.0. The SMILES string of the molecule is CCCNc1ccc(C(=O)N(C)C(C)CC(C)C)cc1C. The van der Waals surface area contributed by atoms with E-state index >= 15 is 0 Å². The highest BCUT2D eigenvalue weighted by atomic mass is 16.2. The maximum Gasteiger partial charge on any atom is 0.253 e. The molecule has 1 unspecified atom stereocenters. The molecule has 21 heavy (non-hydrogen) atoms. The molecule has 0 heterocycles. The second kappa shape index (κ2) is 8.06. The molecule has 1 aromatic rings. The van der Waals surface area contributed by atoms with Gasteiger partial charge in [0.25, 0.3) is 5.91 Å². The number of carbonyl (C=O) groups excluding carboxylic acids is 1. The first-order chi connectivity index (χ1) is 9.86. The summed E-state index contributed by atoms with van der Waals surface area (Å²) in [6.07, 6.45) is 2.12. The first-order valence-electron chi connectivity index (χ1n) is 7.98. The lowest BCUT2D eigenvalue weighted by Crippen LogP contribution is -2.35. The Hall–Kier alpha value is -1.51. The molecule has 1 amide bonds. The van der Waals surface area contributed by atoms with E-state index in [0.29, 0.717) is 5.92 Å². The van der Waals surface area contributed by atoms with Crippen molar-refractivity contribution in [2.75, 3.05) is 18.9 Å². The molecule has 1 rings (SSSR count). The number of anilines is 1. The molecule has 0 radical (unpaired) electrons. The number of nitrogens with zero attached hydrogens (tertiary/aromatic N) is 1. The van der Waals surface area contributed by atoms with Crippen LogP contribution >= 0.6 is 0 Å². The van der Waals surface area contributed by atoms with Gasteiger partial charge in [-0.15, -0.1) is 0 Å². The third-order valence-electron chi connectivity index (χ3n) is 3.83. The standard InChI is InChI=1S/C18H30N2O/c1-7-10-19-17-9-8-16(12-14(17)4)18(21)20(6)15(5)11-13(2)3/h8-9,12-13,15,19H,7,10-11H2,1-6H3. The highest BCUT2D eigenvalue weighted by Gasteiger charge is 2.18. The minimum absolute atomic E-state index is 0.105. The molecular weight excluding hydrogens is 260 g/mol. The van der Waals surface area contributed by atoms with Gasteiger partial charge in [0.1, 0.15) is 0 Å². The molecule has 118 valence electrons. The van der Waals surface area contributed by atoms with E-state index in [2.05, 4.69) is 33.0 Å². The number of amides is 1. The van der Waals surface area contributed by atoms with Crippen LogP contribution in [0, 0.1) is 12.8 Å². The van der Waals surface area contributed by atoms with Crippen LogP contribution in [0.15, 0.2) is 18.2 Å². The molecule has 1 N–H and O–H groups in total. The molecule has 3 nitrogen and oxygen atoms in total. The van der Waals surface area contributed by atoms with Gasteiger partial charge in [-0.3, -0.25) is 4.79 Å². The first-order valence-corrected chi connectivity index (χ1v) is 7.98. The summed E-state index contributed by atoms with van der Waals surface area (Å²) in [7, 11) is 1.90. The largest absolute Gasteiger partial charge is 0.385 e. The van der Waals surface area contributed by atoms with Crippen LogP contribution in [-0.2, 0) is 0 Å². The van der Waals surface area contributed by atoms with Crippen LogP contribution in [0.4, 0.5) is 5.69 Å². The minimum Gasteiger partial charge on any atom is -0.385 e. The average Bonchev–Trinajstić information content (AvgIpc) is 2.43. The second-order valence-corrected chi connectivity index (χ2v) is 6.35. The second-order valence-electron chi connectivity index (χ2n) is 6.35. The lowest BCUT2D eigenvalue weighted by molar-refractivity contribution is 0.0728. The quantitative estimate of drug-likeness (QED) is 0.811. The summed E-state index contributed by atoms with van der Waals surface area (Å²) in [6.45, 7) is 11.6.